The van der Waals surface area contributed by atoms with Crippen LogP contribution in [0.25, 0.3) is 0 Å². The molecule has 0 radical (unpaired) electrons. The van der Waals surface area contributed by atoms with Gasteiger partial charge in [0.2, 0.25) is 0 Å². The van der Waals surface area contributed by atoms with E-state index in [0.717, 1.165) is 12.8 Å². The number of carbonyl (C=O) groups is 1. The van der Waals surface area contributed by atoms with Gasteiger partial charge in [-0.05, 0) is 24.8 Å². The Bertz CT molecular complexity index is 451. The van der Waals surface area contributed by atoms with Crippen LogP contribution in [0.4, 0.5) is 0 Å². The fourth-order valence-electron chi connectivity index (χ4n) is 1.90. The summed E-state index contributed by atoms with van der Waals surface area (Å²) < 4.78 is 10.3. The van der Waals surface area contributed by atoms with Gasteiger partial charge in [0.05, 0.1) is 13.2 Å². The normalized spacial score (nSPS) is 10.3. The lowest BCUT2D eigenvalue weighted by Gasteiger charge is -2.06. The zero-order chi connectivity index (χ0) is 16.8. The van der Waals surface area contributed by atoms with Gasteiger partial charge in [-0.15, -0.1) is 10.1 Å². The third-order valence-corrected chi connectivity index (χ3v) is 3.01. The topological polar surface area (TPSA) is 87.9 Å². The Morgan fingerprint density at radius 2 is 1.70 bits per heavy atom. The van der Waals surface area contributed by atoms with E-state index >= 15 is 0 Å². The zero-order valence-electron chi connectivity index (χ0n) is 13.1. The zero-order valence-corrected chi connectivity index (χ0v) is 13.1. The average Bonchev–Trinajstić information content (AvgIpc) is 2.54. The Morgan fingerprint density at radius 3 is 2.39 bits per heavy atom. The molecule has 0 aliphatic carbocycles. The molecule has 0 spiro atoms. The van der Waals surface area contributed by atoms with E-state index in [1.807, 2.05) is 30.3 Å². The van der Waals surface area contributed by atoms with E-state index in [-0.39, 0.29) is 12.6 Å². The van der Waals surface area contributed by atoms with Crippen molar-refractivity contribution in [2.45, 2.75) is 32.1 Å². The van der Waals surface area contributed by atoms with E-state index in [4.69, 9.17) is 9.47 Å². The fourth-order valence-corrected chi connectivity index (χ4v) is 1.90. The molecule has 23 heavy (non-hydrogen) atoms. The lowest BCUT2D eigenvalue weighted by Crippen LogP contribution is -2.09. The number of carbonyl (C=O) groups excluding carboxylic acids is 1. The molecule has 0 bridgehead atoms. The SMILES string of the molecule is O=C(CCCc1ccccc1)OCCCOCCCO[N+](=O)[O-]. The molecule has 7 nitrogen and oxygen atoms in total. The fraction of sp³-hybridized carbons (Fsp3) is 0.562. The van der Waals surface area contributed by atoms with Crippen LogP contribution in [0.2, 0.25) is 0 Å². The summed E-state index contributed by atoms with van der Waals surface area (Å²) in [6.45, 7) is 1.20. The molecule has 0 heterocycles. The highest BCUT2D eigenvalue weighted by Gasteiger charge is 2.03. The molecule has 0 amide bonds. The first kappa shape index (κ1) is 18.9. The molecule has 0 atom stereocenters. The van der Waals surface area contributed by atoms with Crippen LogP contribution in [0.1, 0.15) is 31.2 Å². The van der Waals surface area contributed by atoms with Crippen molar-refractivity contribution in [2.24, 2.45) is 0 Å². The van der Waals surface area contributed by atoms with Crippen molar-refractivity contribution >= 4 is 5.97 Å². The summed E-state index contributed by atoms with van der Waals surface area (Å²) in [5.74, 6) is -0.194. The largest absolute Gasteiger partial charge is 0.466 e. The van der Waals surface area contributed by atoms with Crippen LogP contribution in [0.3, 0.4) is 0 Å². The number of esters is 1. The summed E-state index contributed by atoms with van der Waals surface area (Å²) in [6, 6.07) is 10.0. The van der Waals surface area contributed by atoms with Crippen LogP contribution < -0.4 is 0 Å². The van der Waals surface area contributed by atoms with E-state index in [2.05, 4.69) is 4.84 Å². The van der Waals surface area contributed by atoms with Gasteiger partial charge in [-0.1, -0.05) is 30.3 Å². The van der Waals surface area contributed by atoms with Crippen molar-refractivity contribution in [3.8, 4) is 0 Å². The summed E-state index contributed by atoms with van der Waals surface area (Å²) in [7, 11) is 0. The molecule has 1 aromatic carbocycles. The highest BCUT2D eigenvalue weighted by atomic mass is 16.9. The smallest absolute Gasteiger partial charge is 0.305 e. The van der Waals surface area contributed by atoms with Gasteiger partial charge in [-0.3, -0.25) is 4.79 Å². The van der Waals surface area contributed by atoms with Crippen LogP contribution >= 0.6 is 0 Å². The summed E-state index contributed by atoms with van der Waals surface area (Å²) in [5, 5.41) is 9.06. The molecule has 0 aliphatic rings. The predicted molar refractivity (Wildman–Crippen MR) is 83.3 cm³/mol. The first-order valence-corrected chi connectivity index (χ1v) is 7.73. The van der Waals surface area contributed by atoms with Crippen molar-refractivity contribution in [1.82, 2.24) is 0 Å². The van der Waals surface area contributed by atoms with Crippen LogP contribution in [-0.4, -0.2) is 37.5 Å². The Morgan fingerprint density at radius 1 is 1.00 bits per heavy atom. The number of ether oxygens (including phenoxy) is 2. The molecule has 0 saturated carbocycles. The van der Waals surface area contributed by atoms with Gasteiger partial charge in [0.25, 0.3) is 5.09 Å². The minimum Gasteiger partial charge on any atom is -0.466 e. The highest BCUT2D eigenvalue weighted by molar-refractivity contribution is 5.69. The molecule has 0 aliphatic heterocycles. The number of rotatable bonds is 13. The summed E-state index contributed by atoms with van der Waals surface area (Å²) >= 11 is 0. The molecule has 1 aromatic rings. The average molecular weight is 325 g/mol. The number of aryl methyl sites for hydroxylation is 1. The molecule has 0 N–H and O–H groups in total. The summed E-state index contributed by atoms with van der Waals surface area (Å²) in [6.07, 6.45) is 3.12. The highest BCUT2D eigenvalue weighted by Crippen LogP contribution is 2.05. The van der Waals surface area contributed by atoms with Crippen molar-refractivity contribution < 1.29 is 24.2 Å². The maximum Gasteiger partial charge on any atom is 0.305 e. The van der Waals surface area contributed by atoms with Gasteiger partial charge in [-0.2, -0.15) is 0 Å². The van der Waals surface area contributed by atoms with E-state index in [1.165, 1.54) is 5.56 Å². The number of nitrogens with zero attached hydrogens (tertiary/aromatic N) is 1. The lowest BCUT2D eigenvalue weighted by atomic mass is 10.1. The van der Waals surface area contributed by atoms with E-state index in [1.54, 1.807) is 0 Å². The van der Waals surface area contributed by atoms with E-state index in [9.17, 15) is 14.9 Å². The predicted octanol–water partition coefficient (Wildman–Crippen LogP) is 2.56. The van der Waals surface area contributed by atoms with Gasteiger partial charge in [0, 0.05) is 26.1 Å². The second-order valence-electron chi connectivity index (χ2n) is 4.94. The number of benzene rings is 1. The van der Waals surface area contributed by atoms with Crippen LogP contribution in [0, 0.1) is 10.1 Å². The maximum atomic E-state index is 11.5. The molecule has 0 unspecified atom stereocenters. The standard InChI is InChI=1S/C16H23NO6/c18-16(10-4-9-15-7-2-1-3-8-15)22-13-5-11-21-12-6-14-23-17(19)20/h1-3,7-8H,4-6,9-14H2. The second kappa shape index (κ2) is 12.4. The quantitative estimate of drug-likeness (QED) is 0.240. The molecular formula is C16H23NO6. The first-order chi connectivity index (χ1) is 11.2. The molecule has 1 rings (SSSR count). The van der Waals surface area contributed by atoms with Crippen LogP contribution in [0.5, 0.6) is 0 Å². The lowest BCUT2D eigenvalue weighted by molar-refractivity contribution is -0.757. The van der Waals surface area contributed by atoms with Crippen LogP contribution in [-0.2, 0) is 25.5 Å². The minimum atomic E-state index is -0.822. The Hall–Kier alpha value is -2.15. The van der Waals surface area contributed by atoms with Gasteiger partial charge in [-0.25, -0.2) is 0 Å². The Balaban J connectivity index is 1.87. The molecular weight excluding hydrogens is 302 g/mol. The van der Waals surface area contributed by atoms with Crippen LogP contribution in [0.15, 0.2) is 30.3 Å². The van der Waals surface area contributed by atoms with Gasteiger partial charge in [0.1, 0.15) is 0 Å². The monoisotopic (exact) mass is 325 g/mol. The Labute approximate surface area is 135 Å². The van der Waals surface area contributed by atoms with E-state index in [0.29, 0.717) is 39.1 Å². The number of hydrogen-bond donors (Lipinski definition) is 0. The summed E-state index contributed by atoms with van der Waals surface area (Å²) in [5.41, 5.74) is 1.22. The van der Waals surface area contributed by atoms with Crippen molar-refractivity contribution in [1.29, 1.82) is 0 Å². The number of hydrogen-bond acceptors (Lipinski definition) is 6. The van der Waals surface area contributed by atoms with Gasteiger partial charge in [0.15, 0.2) is 0 Å². The van der Waals surface area contributed by atoms with Crippen molar-refractivity contribution in [3.63, 3.8) is 0 Å². The summed E-state index contributed by atoms with van der Waals surface area (Å²) in [4.78, 5) is 25.6. The van der Waals surface area contributed by atoms with Gasteiger partial charge >= 0.3 is 5.97 Å². The third-order valence-electron chi connectivity index (χ3n) is 3.01. The van der Waals surface area contributed by atoms with Gasteiger partial charge < -0.3 is 14.3 Å². The maximum absolute atomic E-state index is 11.5. The molecule has 0 aromatic heterocycles. The molecule has 128 valence electrons. The third kappa shape index (κ3) is 11.1. The van der Waals surface area contributed by atoms with E-state index < -0.39 is 5.09 Å². The molecule has 7 heteroatoms. The molecule has 0 saturated heterocycles. The minimum absolute atomic E-state index is 0.0312. The first-order valence-electron chi connectivity index (χ1n) is 7.73. The second-order valence-corrected chi connectivity index (χ2v) is 4.94. The van der Waals surface area contributed by atoms with Crippen molar-refractivity contribution in [2.75, 3.05) is 26.4 Å². The van der Waals surface area contributed by atoms with Crippen molar-refractivity contribution in [3.05, 3.63) is 46.0 Å². The molecule has 0 fully saturated rings. The Kier molecular flexibility index (Phi) is 10.2.